The lowest BCUT2D eigenvalue weighted by atomic mass is 10.1. The number of imidazole rings is 1. The molecule has 2 aromatic heterocycles. The molecule has 0 saturated carbocycles. The monoisotopic (exact) mass is 450 g/mol. The van der Waals surface area contributed by atoms with Crippen LogP contribution >= 0.6 is 11.7 Å². The van der Waals surface area contributed by atoms with Crippen LogP contribution in [0, 0.1) is 0 Å². The van der Waals surface area contributed by atoms with E-state index in [4.69, 9.17) is 9.47 Å². The van der Waals surface area contributed by atoms with Crippen molar-refractivity contribution >= 4 is 23.3 Å². The third-order valence-electron chi connectivity index (χ3n) is 5.48. The summed E-state index contributed by atoms with van der Waals surface area (Å²) in [7, 11) is 2.10. The Balaban J connectivity index is 1.52. The summed E-state index contributed by atoms with van der Waals surface area (Å²) in [5, 5.41) is 0. The molecule has 2 atom stereocenters. The summed E-state index contributed by atoms with van der Waals surface area (Å²) < 4.78 is 21.0. The van der Waals surface area contributed by atoms with Crippen molar-refractivity contribution in [1.29, 1.82) is 0 Å². The minimum Gasteiger partial charge on any atom is -0.475 e. The summed E-state index contributed by atoms with van der Waals surface area (Å²) in [6.45, 7) is 4.77. The first kappa shape index (κ1) is 23.4. The van der Waals surface area contributed by atoms with Crippen molar-refractivity contribution in [2.24, 2.45) is 0 Å². The molecule has 1 aliphatic heterocycles. The Labute approximate surface area is 187 Å². The standard InChI is InChI=1S/C21H33N6O3S/c1-3-4-5-6-10-29-20-19(25-31-26-20)16-8-7-9-27(2,13-16)15-30-21(28)18(22)11-17-12-23-14-24-17/h8,12,14,18H,3-7,9-11,13,15,22H2,1-2H3,(H,23,24)/q+1/p+1/t18-,27?/m0/s1. The summed E-state index contributed by atoms with van der Waals surface area (Å²) in [6, 6.07) is -0.470. The van der Waals surface area contributed by atoms with E-state index >= 15 is 0 Å². The second-order valence-electron chi connectivity index (χ2n) is 8.42. The summed E-state index contributed by atoms with van der Waals surface area (Å²) in [5.74, 6) is 0.326. The van der Waals surface area contributed by atoms with Crippen LogP contribution in [0.4, 0.5) is 0 Å². The van der Waals surface area contributed by atoms with Crippen molar-refractivity contribution in [3.8, 4) is 5.88 Å². The van der Waals surface area contributed by atoms with Crippen LogP contribution < -0.4 is 10.5 Å². The highest BCUT2D eigenvalue weighted by atomic mass is 32.1. The number of hydrogen-bond acceptors (Lipinski definition) is 7. The molecular formula is C21H34N6O3S+2. The number of ether oxygens (including phenoxy) is 2. The number of esters is 1. The summed E-state index contributed by atoms with van der Waals surface area (Å²) in [6.07, 6.45) is 11.5. The maximum absolute atomic E-state index is 12.4. The first-order chi connectivity index (χ1) is 15.0. The van der Waals surface area contributed by atoms with Gasteiger partial charge >= 0.3 is 5.97 Å². The Morgan fingerprint density at radius 3 is 3.00 bits per heavy atom. The van der Waals surface area contributed by atoms with Crippen LogP contribution in [0.2, 0.25) is 0 Å². The topological polar surface area (TPSA) is 118 Å². The number of carbonyl (C=O) groups is 1. The Morgan fingerprint density at radius 1 is 1.35 bits per heavy atom. The first-order valence-corrected chi connectivity index (χ1v) is 11.7. The van der Waals surface area contributed by atoms with Gasteiger partial charge in [0, 0.05) is 23.9 Å². The van der Waals surface area contributed by atoms with E-state index in [1.54, 1.807) is 12.5 Å². The second kappa shape index (κ2) is 11.4. The normalized spacial score (nSPS) is 19.6. The molecule has 0 spiro atoms. The van der Waals surface area contributed by atoms with Crippen molar-refractivity contribution in [2.45, 2.75) is 51.5 Å². The van der Waals surface area contributed by atoms with E-state index in [0.29, 0.717) is 36.7 Å². The molecule has 2 aromatic rings. The number of H-pyrrole nitrogens is 1. The van der Waals surface area contributed by atoms with Crippen molar-refractivity contribution in [1.82, 2.24) is 18.7 Å². The lowest BCUT2D eigenvalue weighted by Crippen LogP contribution is -2.67. The fraction of sp³-hybridized carbons (Fsp3) is 0.619. The lowest BCUT2D eigenvalue weighted by Gasteiger charge is -2.36. The Bertz CT molecular complexity index is 853. The van der Waals surface area contributed by atoms with Crippen LogP contribution in [-0.2, 0) is 16.0 Å². The van der Waals surface area contributed by atoms with Gasteiger partial charge < -0.3 is 20.2 Å². The quantitative estimate of drug-likeness (QED) is 0.289. The third-order valence-corrected chi connectivity index (χ3v) is 6.00. The number of carbonyl (C=O) groups excluding carboxylic acids is 1. The lowest BCUT2D eigenvalue weighted by molar-refractivity contribution is -0.919. The molecule has 1 aliphatic rings. The maximum atomic E-state index is 12.4. The molecule has 10 heteroatoms. The van der Waals surface area contributed by atoms with Gasteiger partial charge in [-0.1, -0.05) is 32.3 Å². The molecule has 0 aromatic carbocycles. The van der Waals surface area contributed by atoms with Crippen molar-refractivity contribution in [3.63, 3.8) is 0 Å². The number of unbranched alkanes of at least 4 members (excludes halogenated alkanes) is 3. The van der Waals surface area contributed by atoms with Crippen LogP contribution in [0.25, 0.3) is 5.57 Å². The highest BCUT2D eigenvalue weighted by Gasteiger charge is 2.32. The number of rotatable bonds is 12. The second-order valence-corrected chi connectivity index (χ2v) is 8.95. The molecule has 0 aliphatic carbocycles. The van der Waals surface area contributed by atoms with Gasteiger partial charge in [0.25, 0.3) is 5.88 Å². The first-order valence-electron chi connectivity index (χ1n) is 11.0. The number of nitrogens with one attached hydrogen (secondary N) is 1. The van der Waals surface area contributed by atoms with Crippen LogP contribution in [0.1, 0.15) is 50.4 Å². The Morgan fingerprint density at radius 2 is 2.23 bits per heavy atom. The van der Waals surface area contributed by atoms with E-state index in [1.165, 1.54) is 31.0 Å². The maximum Gasteiger partial charge on any atom is 0.369 e. The zero-order valence-corrected chi connectivity index (χ0v) is 19.3. The Hall–Kier alpha value is -2.30. The molecule has 3 heterocycles. The van der Waals surface area contributed by atoms with E-state index in [1.807, 2.05) is 0 Å². The van der Waals surface area contributed by atoms with Crippen molar-refractivity contribution in [2.75, 3.05) is 33.5 Å². The molecule has 1 unspecified atom stereocenters. The van der Waals surface area contributed by atoms with Crippen LogP contribution in [0.15, 0.2) is 18.6 Å². The fourth-order valence-electron chi connectivity index (χ4n) is 3.64. The van der Waals surface area contributed by atoms with Gasteiger partial charge in [-0.05, 0) is 6.42 Å². The number of aromatic amines is 1. The predicted octanol–water partition coefficient (Wildman–Crippen LogP) is 1.81. The zero-order valence-electron chi connectivity index (χ0n) is 18.5. The highest BCUT2D eigenvalue weighted by molar-refractivity contribution is 6.99. The minimum atomic E-state index is -0.470. The minimum absolute atomic E-state index is 0.295. The molecule has 0 amide bonds. The number of aromatic nitrogens is 4. The molecule has 3 rings (SSSR count). The van der Waals surface area contributed by atoms with E-state index in [2.05, 4.69) is 44.5 Å². The molecule has 0 bridgehead atoms. The summed E-state index contributed by atoms with van der Waals surface area (Å²) in [5.41, 5.74) is 6.74. The van der Waals surface area contributed by atoms with Gasteiger partial charge in [-0.25, -0.2) is 9.78 Å². The van der Waals surface area contributed by atoms with Crippen molar-refractivity contribution < 1.29 is 24.5 Å². The third kappa shape index (κ3) is 6.84. The highest BCUT2D eigenvalue weighted by Crippen LogP contribution is 2.30. The van der Waals surface area contributed by atoms with Crippen LogP contribution in [-0.4, -0.2) is 68.7 Å². The van der Waals surface area contributed by atoms with Gasteiger partial charge in [0.2, 0.25) is 6.73 Å². The number of likely N-dealkylation sites (N-methyl/N-ethyl adjacent to an activating group) is 1. The van der Waals surface area contributed by atoms with Gasteiger partial charge in [-0.3, -0.25) is 4.48 Å². The largest absolute Gasteiger partial charge is 0.475 e. The van der Waals surface area contributed by atoms with Crippen LogP contribution in [0.5, 0.6) is 5.88 Å². The molecule has 31 heavy (non-hydrogen) atoms. The van der Waals surface area contributed by atoms with E-state index < -0.39 is 6.04 Å². The van der Waals surface area contributed by atoms with E-state index in [0.717, 1.165) is 36.3 Å². The average molecular weight is 451 g/mol. The van der Waals surface area contributed by atoms with Crippen molar-refractivity contribution in [3.05, 3.63) is 30.0 Å². The number of nitrogens with zero attached hydrogens (tertiary/aromatic N) is 4. The summed E-state index contributed by atoms with van der Waals surface area (Å²) in [4.78, 5) is 19.4. The van der Waals surface area contributed by atoms with Gasteiger partial charge in [-0.2, -0.15) is 4.37 Å². The van der Waals surface area contributed by atoms with Gasteiger partial charge in [0.15, 0.2) is 6.04 Å². The molecule has 4 N–H and O–H groups in total. The molecule has 0 fully saturated rings. The van der Waals surface area contributed by atoms with Gasteiger partial charge in [0.1, 0.15) is 12.2 Å². The number of hydrogen-bond donors (Lipinski definition) is 2. The zero-order chi connectivity index (χ0) is 22.1. The molecule has 9 nitrogen and oxygen atoms in total. The molecule has 0 saturated heterocycles. The van der Waals surface area contributed by atoms with E-state index in [-0.39, 0.29) is 5.97 Å². The van der Waals surface area contributed by atoms with Gasteiger partial charge in [0.05, 0.1) is 44.7 Å². The molecule has 0 radical (unpaired) electrons. The molecule has 170 valence electrons. The predicted molar refractivity (Wildman–Crippen MR) is 118 cm³/mol. The molecular weight excluding hydrogens is 416 g/mol. The average Bonchev–Trinajstić information content (AvgIpc) is 3.44. The Kier molecular flexibility index (Phi) is 8.56. The van der Waals surface area contributed by atoms with Crippen LogP contribution in [0.3, 0.4) is 0 Å². The summed E-state index contributed by atoms with van der Waals surface area (Å²) >= 11 is 1.18. The van der Waals surface area contributed by atoms with Gasteiger partial charge in [-0.15, -0.1) is 4.37 Å². The van der Waals surface area contributed by atoms with E-state index in [9.17, 15) is 4.79 Å². The number of quaternary nitrogens is 2. The smallest absolute Gasteiger partial charge is 0.369 e. The fourth-order valence-corrected chi connectivity index (χ4v) is 4.17. The SMILES string of the molecule is CCCCCCOc1nsnc1C1=CCC[N+](C)(COC(=O)[C@@H]([NH3+])Cc2cnc[nH]2)C1.